The van der Waals surface area contributed by atoms with E-state index in [0.717, 1.165) is 44.2 Å². The minimum Gasteiger partial charge on any atom is -0.307 e. The third-order valence-electron chi connectivity index (χ3n) is 9.78. The Morgan fingerprint density at radius 1 is 0.500 bits per heavy atom. The van der Waals surface area contributed by atoms with Crippen molar-refractivity contribution in [1.82, 2.24) is 9.13 Å². The Morgan fingerprint density at radius 2 is 1.08 bits per heavy atom. The molecule has 0 saturated carbocycles. The van der Waals surface area contributed by atoms with Crippen molar-refractivity contribution in [3.8, 4) is 17.4 Å². The molecule has 3 heterocycles. The van der Waals surface area contributed by atoms with E-state index in [1.807, 2.05) is 29.5 Å². The van der Waals surface area contributed by atoms with E-state index in [9.17, 15) is 13.7 Å². The minimum absolute atomic E-state index is 0.155. The molecular formula is C43H25N3O2S2. The molecule has 0 N–H and O–H groups in total. The first-order valence-electron chi connectivity index (χ1n) is 16.2. The molecule has 0 aliphatic carbocycles. The quantitative estimate of drug-likeness (QED) is 0.186. The largest absolute Gasteiger partial charge is 0.307 e. The first-order valence-corrected chi connectivity index (χ1v) is 18.5. The van der Waals surface area contributed by atoms with E-state index < -0.39 is 9.84 Å². The van der Waals surface area contributed by atoms with Crippen LogP contribution in [0.25, 0.3) is 75.2 Å². The minimum atomic E-state index is -3.79. The van der Waals surface area contributed by atoms with Crippen LogP contribution in [-0.4, -0.2) is 17.6 Å². The topological polar surface area (TPSA) is 67.8 Å². The van der Waals surface area contributed by atoms with Gasteiger partial charge in [-0.15, -0.1) is 11.3 Å². The second kappa shape index (κ2) is 10.6. The smallest absolute Gasteiger partial charge is 0.206 e. The Kier molecular flexibility index (Phi) is 6.13. The first-order chi connectivity index (χ1) is 24.5. The third kappa shape index (κ3) is 4.01. The number of rotatable bonds is 4. The molecular weight excluding hydrogens is 655 g/mol. The Labute approximate surface area is 291 Å². The number of hydrogen-bond acceptors (Lipinski definition) is 4. The lowest BCUT2D eigenvalue weighted by Gasteiger charge is -2.13. The molecule has 0 spiro atoms. The molecule has 0 fully saturated rings. The van der Waals surface area contributed by atoms with Crippen LogP contribution < -0.4 is 0 Å². The molecule has 10 aromatic rings. The normalized spacial score (nSPS) is 12.1. The maximum Gasteiger partial charge on any atom is 0.206 e. The molecule has 0 unspecified atom stereocenters. The fourth-order valence-electron chi connectivity index (χ4n) is 7.55. The average Bonchev–Trinajstić information content (AvgIpc) is 3.83. The van der Waals surface area contributed by atoms with Crippen LogP contribution in [0.1, 0.15) is 5.56 Å². The van der Waals surface area contributed by atoms with E-state index in [-0.39, 0.29) is 9.79 Å². The zero-order chi connectivity index (χ0) is 33.6. The van der Waals surface area contributed by atoms with E-state index in [2.05, 4.69) is 112 Å². The van der Waals surface area contributed by atoms with Gasteiger partial charge in [0.2, 0.25) is 9.84 Å². The Balaban J connectivity index is 1.33. The van der Waals surface area contributed by atoms with Gasteiger partial charge in [-0.2, -0.15) is 5.26 Å². The lowest BCUT2D eigenvalue weighted by molar-refractivity contribution is 0.596. The van der Waals surface area contributed by atoms with Gasteiger partial charge < -0.3 is 9.13 Å². The highest BCUT2D eigenvalue weighted by molar-refractivity contribution is 7.91. The van der Waals surface area contributed by atoms with Gasteiger partial charge in [-0.3, -0.25) is 0 Å². The summed E-state index contributed by atoms with van der Waals surface area (Å²) in [5.41, 5.74) is 6.67. The van der Waals surface area contributed by atoms with Crippen molar-refractivity contribution >= 4 is 85.0 Å². The molecule has 10 rings (SSSR count). The summed E-state index contributed by atoms with van der Waals surface area (Å²) >= 11 is 1.81. The summed E-state index contributed by atoms with van der Waals surface area (Å²) in [4.78, 5) is 0.351. The van der Waals surface area contributed by atoms with E-state index in [0.29, 0.717) is 5.56 Å². The maximum absolute atomic E-state index is 13.7. The van der Waals surface area contributed by atoms with Crippen molar-refractivity contribution in [3.05, 3.63) is 157 Å². The summed E-state index contributed by atoms with van der Waals surface area (Å²) in [7, 11) is -3.79. The Hall–Kier alpha value is -6.20. The summed E-state index contributed by atoms with van der Waals surface area (Å²) in [6.07, 6.45) is 0. The van der Waals surface area contributed by atoms with Gasteiger partial charge in [0, 0.05) is 53.1 Å². The van der Waals surface area contributed by atoms with E-state index in [1.54, 1.807) is 12.1 Å². The SMILES string of the molecule is N#Cc1ccc(S(=O)(=O)c2ccc(-n3c4ccc5c6ccccc6sc5c4c4ccc5c6ccccc6n(-c6ccccc6)c5c43)cc2)cc1. The standard InChI is InChI=1S/C43H25N3O2S2/c44-26-27-14-18-30(19-15-27)50(47,48)31-20-16-29(17-21-31)46-38-25-24-35-33-11-5-7-13-39(33)49-43(35)40(38)36-23-22-34-32-10-4-6-12-37(32)45(41(34)42(36)46)28-8-2-1-3-9-28/h1-25H. The van der Waals surface area contributed by atoms with Crippen molar-refractivity contribution in [2.45, 2.75) is 9.79 Å². The highest BCUT2D eigenvalue weighted by Gasteiger charge is 2.24. The molecule has 50 heavy (non-hydrogen) atoms. The molecule has 0 saturated heterocycles. The molecule has 7 aromatic carbocycles. The molecule has 0 aliphatic heterocycles. The Bertz CT molecular complexity index is 3150. The number of hydrogen-bond donors (Lipinski definition) is 0. The van der Waals surface area contributed by atoms with Gasteiger partial charge in [0.1, 0.15) is 0 Å². The second-order valence-corrected chi connectivity index (χ2v) is 15.5. The highest BCUT2D eigenvalue weighted by atomic mass is 32.2. The molecule has 0 radical (unpaired) electrons. The predicted molar refractivity (Wildman–Crippen MR) is 205 cm³/mol. The number of aromatic nitrogens is 2. The Morgan fingerprint density at radius 3 is 1.84 bits per heavy atom. The summed E-state index contributed by atoms with van der Waals surface area (Å²) < 4.78 is 34.5. The number of nitriles is 1. The summed E-state index contributed by atoms with van der Waals surface area (Å²) in [5, 5.41) is 16.3. The zero-order valence-corrected chi connectivity index (χ0v) is 28.0. The fraction of sp³-hybridized carbons (Fsp3) is 0. The van der Waals surface area contributed by atoms with E-state index in [1.165, 1.54) is 55.2 Å². The van der Waals surface area contributed by atoms with Crippen LogP contribution in [0.5, 0.6) is 0 Å². The number of fused-ring (bicyclic) bond motifs is 11. The molecule has 5 nitrogen and oxygen atoms in total. The van der Waals surface area contributed by atoms with Crippen LogP contribution >= 0.6 is 11.3 Å². The number of nitrogens with zero attached hydrogens (tertiary/aromatic N) is 3. The van der Waals surface area contributed by atoms with Crippen LogP contribution in [0.2, 0.25) is 0 Å². The number of thiophene rings is 1. The van der Waals surface area contributed by atoms with Gasteiger partial charge in [-0.1, -0.05) is 72.8 Å². The van der Waals surface area contributed by atoms with E-state index in [4.69, 9.17) is 0 Å². The highest BCUT2D eigenvalue weighted by Crippen LogP contribution is 2.46. The van der Waals surface area contributed by atoms with Crippen LogP contribution in [0.15, 0.2) is 161 Å². The van der Waals surface area contributed by atoms with Crippen molar-refractivity contribution in [2.75, 3.05) is 0 Å². The average molecular weight is 680 g/mol. The monoisotopic (exact) mass is 679 g/mol. The third-order valence-corrected chi connectivity index (χ3v) is 12.8. The van der Waals surface area contributed by atoms with Crippen LogP contribution in [0.3, 0.4) is 0 Å². The zero-order valence-electron chi connectivity index (χ0n) is 26.4. The lowest BCUT2D eigenvalue weighted by Crippen LogP contribution is -2.03. The molecule has 0 amide bonds. The predicted octanol–water partition coefficient (Wildman–Crippen LogP) is 11.0. The summed E-state index contributed by atoms with van der Waals surface area (Å²) in [6.45, 7) is 0. The number of sulfone groups is 1. The van der Waals surface area contributed by atoms with Gasteiger partial charge in [0.05, 0.1) is 43.5 Å². The van der Waals surface area contributed by atoms with Crippen molar-refractivity contribution in [3.63, 3.8) is 0 Å². The molecule has 0 bridgehead atoms. The first kappa shape index (κ1) is 28.8. The number of para-hydroxylation sites is 2. The van der Waals surface area contributed by atoms with Crippen LogP contribution in [0, 0.1) is 11.3 Å². The van der Waals surface area contributed by atoms with Crippen molar-refractivity contribution in [1.29, 1.82) is 5.26 Å². The van der Waals surface area contributed by atoms with Crippen LogP contribution in [0.4, 0.5) is 0 Å². The summed E-state index contributed by atoms with van der Waals surface area (Å²) in [6, 6.07) is 51.8. The molecule has 236 valence electrons. The van der Waals surface area contributed by atoms with Gasteiger partial charge in [0.15, 0.2) is 0 Å². The number of benzene rings is 7. The molecule has 3 aromatic heterocycles. The maximum atomic E-state index is 13.7. The van der Waals surface area contributed by atoms with Crippen molar-refractivity contribution < 1.29 is 8.42 Å². The van der Waals surface area contributed by atoms with Crippen LogP contribution in [-0.2, 0) is 9.84 Å². The summed E-state index contributed by atoms with van der Waals surface area (Å²) in [5.74, 6) is 0. The second-order valence-electron chi connectivity index (χ2n) is 12.4. The molecule has 0 aliphatic rings. The van der Waals surface area contributed by atoms with Gasteiger partial charge in [0.25, 0.3) is 0 Å². The van der Waals surface area contributed by atoms with Gasteiger partial charge >= 0.3 is 0 Å². The van der Waals surface area contributed by atoms with Gasteiger partial charge in [-0.25, -0.2) is 8.42 Å². The lowest BCUT2D eigenvalue weighted by atomic mass is 10.1. The van der Waals surface area contributed by atoms with Crippen molar-refractivity contribution in [2.24, 2.45) is 0 Å². The van der Waals surface area contributed by atoms with Gasteiger partial charge in [-0.05, 0) is 78.9 Å². The molecule has 0 atom stereocenters. The van der Waals surface area contributed by atoms with E-state index >= 15 is 0 Å². The fourth-order valence-corrected chi connectivity index (χ4v) is 10.1. The molecule has 7 heteroatoms.